The molecule has 0 radical (unpaired) electrons. The molecule has 0 saturated carbocycles. The highest BCUT2D eigenvalue weighted by molar-refractivity contribution is 14.1. The summed E-state index contributed by atoms with van der Waals surface area (Å²) in [7, 11) is 0. The number of amides is 2. The number of nitrogens with two attached hydrogens (primary N) is 3. The maximum Gasteiger partial charge on any atom is 0.326 e. The molecular formula is C21H29IN8O4. The van der Waals surface area contributed by atoms with E-state index < -0.39 is 35.9 Å². The van der Waals surface area contributed by atoms with Gasteiger partial charge in [0.05, 0.1) is 18.9 Å². The number of carbonyl (C=O) groups is 3. The van der Waals surface area contributed by atoms with E-state index in [1.54, 1.807) is 18.3 Å². The second-order valence-electron chi connectivity index (χ2n) is 7.64. The Balaban J connectivity index is 2.11. The summed E-state index contributed by atoms with van der Waals surface area (Å²) in [5.74, 6) is -2.49. The number of imidazole rings is 1. The first-order chi connectivity index (χ1) is 16.2. The maximum atomic E-state index is 13.1. The van der Waals surface area contributed by atoms with Crippen LogP contribution in [-0.2, 0) is 27.2 Å². The number of hydrogen-bond acceptors (Lipinski definition) is 6. The summed E-state index contributed by atoms with van der Waals surface area (Å²) in [6, 6.07) is 5.90. The second kappa shape index (κ2) is 13.5. The zero-order chi connectivity index (χ0) is 25.1. The Hall–Kier alpha value is -3.20. The molecule has 0 saturated heterocycles. The number of halogens is 1. The average Bonchev–Trinajstić information content (AvgIpc) is 3.30. The molecule has 13 heteroatoms. The van der Waals surface area contributed by atoms with Crippen molar-refractivity contribution in [2.75, 3.05) is 6.54 Å². The van der Waals surface area contributed by atoms with Crippen LogP contribution in [0.5, 0.6) is 0 Å². The summed E-state index contributed by atoms with van der Waals surface area (Å²) in [6.45, 7) is 0.204. The van der Waals surface area contributed by atoms with E-state index in [-0.39, 0.29) is 35.7 Å². The Bertz CT molecular complexity index is 966. The normalized spacial score (nSPS) is 14.3. The van der Waals surface area contributed by atoms with Gasteiger partial charge in [0, 0.05) is 28.7 Å². The van der Waals surface area contributed by atoms with E-state index in [0.29, 0.717) is 5.69 Å². The van der Waals surface area contributed by atoms with E-state index in [2.05, 4.69) is 25.6 Å². The Morgan fingerprint density at radius 2 is 1.76 bits per heavy atom. The van der Waals surface area contributed by atoms with Gasteiger partial charge in [-0.3, -0.25) is 14.6 Å². The fourth-order valence-corrected chi connectivity index (χ4v) is 3.80. The molecule has 10 N–H and O–H groups in total. The summed E-state index contributed by atoms with van der Waals surface area (Å²) < 4.78 is -0.244. The van der Waals surface area contributed by atoms with Crippen molar-refractivity contribution in [1.29, 1.82) is 0 Å². The Morgan fingerprint density at radius 3 is 2.35 bits per heavy atom. The molecule has 2 rings (SSSR count). The number of aromatic nitrogens is 2. The highest BCUT2D eigenvalue weighted by atomic mass is 127. The van der Waals surface area contributed by atoms with Crippen LogP contribution < -0.4 is 27.8 Å². The average molecular weight is 584 g/mol. The van der Waals surface area contributed by atoms with Crippen LogP contribution in [0.3, 0.4) is 0 Å². The van der Waals surface area contributed by atoms with E-state index in [1.165, 1.54) is 6.33 Å². The zero-order valence-electron chi connectivity index (χ0n) is 18.4. The molecule has 2 aromatic rings. The van der Waals surface area contributed by atoms with Crippen molar-refractivity contribution in [2.45, 2.75) is 41.3 Å². The van der Waals surface area contributed by atoms with E-state index in [9.17, 15) is 19.5 Å². The SMILES string of the molecule is NC(N)=NCC(I)C[C@H](NC(=O)[C@H](Cc1ccccc1)NC(=O)[C@@H](N)Cc1cnc[nH]1)C(=O)O. The van der Waals surface area contributed by atoms with Gasteiger partial charge in [-0.2, -0.15) is 0 Å². The van der Waals surface area contributed by atoms with Gasteiger partial charge in [-0.25, -0.2) is 9.78 Å². The van der Waals surface area contributed by atoms with Crippen molar-refractivity contribution in [2.24, 2.45) is 22.2 Å². The minimum absolute atomic E-state index is 0.0871. The largest absolute Gasteiger partial charge is 0.480 e. The van der Waals surface area contributed by atoms with Gasteiger partial charge >= 0.3 is 5.97 Å². The van der Waals surface area contributed by atoms with Crippen molar-refractivity contribution in [3.8, 4) is 0 Å². The predicted octanol–water partition coefficient (Wildman–Crippen LogP) is -0.956. The zero-order valence-corrected chi connectivity index (χ0v) is 20.5. The predicted molar refractivity (Wildman–Crippen MR) is 135 cm³/mol. The van der Waals surface area contributed by atoms with Gasteiger partial charge in [-0.05, 0) is 12.0 Å². The second-order valence-corrected chi connectivity index (χ2v) is 9.40. The van der Waals surface area contributed by atoms with Crippen molar-refractivity contribution in [1.82, 2.24) is 20.6 Å². The number of guanidine groups is 1. The lowest BCUT2D eigenvalue weighted by Gasteiger charge is -2.24. The van der Waals surface area contributed by atoms with Gasteiger partial charge in [0.2, 0.25) is 11.8 Å². The number of rotatable bonds is 13. The number of carboxylic acids is 1. The van der Waals surface area contributed by atoms with Crippen LogP contribution >= 0.6 is 22.6 Å². The summed E-state index contributed by atoms with van der Waals surface area (Å²) in [5.41, 5.74) is 18.1. The van der Waals surface area contributed by atoms with Crippen molar-refractivity contribution in [3.63, 3.8) is 0 Å². The number of carboxylic acid groups (broad SMARTS) is 1. The standard InChI is InChI=1S/C21H29IN8O4/c22-13(9-27-21(24)25)7-17(20(33)34)30-19(32)16(6-12-4-2-1-3-5-12)29-18(31)15(23)8-14-10-26-11-28-14/h1-5,10-11,13,15-17H,6-9,23H2,(H,26,28)(H,29,31)(H,30,32)(H,33,34)(H4,24,25,27)/t13?,15-,16-,17-/m0/s1. The first kappa shape index (κ1) is 27.0. The molecule has 0 aliphatic heterocycles. The van der Waals surface area contributed by atoms with Crippen molar-refractivity contribution >= 4 is 46.3 Å². The Kier molecular flexibility index (Phi) is 10.7. The molecule has 34 heavy (non-hydrogen) atoms. The lowest BCUT2D eigenvalue weighted by atomic mass is 10.0. The molecule has 4 atom stereocenters. The van der Waals surface area contributed by atoms with Gasteiger partial charge in [-0.15, -0.1) is 0 Å². The van der Waals surface area contributed by atoms with E-state index in [0.717, 1.165) is 5.56 Å². The lowest BCUT2D eigenvalue weighted by Crippen LogP contribution is -2.55. The number of benzene rings is 1. The van der Waals surface area contributed by atoms with Gasteiger partial charge in [0.25, 0.3) is 0 Å². The van der Waals surface area contributed by atoms with E-state index in [1.807, 2.05) is 40.8 Å². The molecule has 0 fully saturated rings. The number of nitrogens with one attached hydrogen (secondary N) is 3. The highest BCUT2D eigenvalue weighted by Crippen LogP contribution is 2.11. The minimum atomic E-state index is -1.21. The third-order valence-corrected chi connectivity index (χ3v) is 5.73. The summed E-state index contributed by atoms with van der Waals surface area (Å²) >= 11 is 2.02. The number of aromatic amines is 1. The third kappa shape index (κ3) is 9.35. The van der Waals surface area contributed by atoms with Crippen LogP contribution in [-0.4, -0.2) is 67.4 Å². The summed E-state index contributed by atoms with van der Waals surface area (Å²) in [6.07, 6.45) is 3.48. The summed E-state index contributed by atoms with van der Waals surface area (Å²) in [5, 5.41) is 14.8. The van der Waals surface area contributed by atoms with Crippen LogP contribution in [0, 0.1) is 0 Å². The molecule has 0 spiro atoms. The van der Waals surface area contributed by atoms with Gasteiger partial charge in [0.1, 0.15) is 12.1 Å². The summed E-state index contributed by atoms with van der Waals surface area (Å²) in [4.78, 5) is 48.2. The van der Waals surface area contributed by atoms with Crippen LogP contribution in [0.25, 0.3) is 0 Å². The van der Waals surface area contributed by atoms with Crippen LogP contribution in [0.1, 0.15) is 17.7 Å². The number of H-pyrrole nitrogens is 1. The minimum Gasteiger partial charge on any atom is -0.480 e. The molecule has 1 heterocycles. The number of aliphatic carboxylic acids is 1. The van der Waals surface area contributed by atoms with Crippen LogP contribution in [0.4, 0.5) is 0 Å². The fourth-order valence-electron chi connectivity index (χ4n) is 3.09. The maximum absolute atomic E-state index is 13.1. The number of nitrogens with zero attached hydrogens (tertiary/aromatic N) is 2. The molecule has 2 amide bonds. The van der Waals surface area contributed by atoms with Gasteiger partial charge < -0.3 is 37.9 Å². The lowest BCUT2D eigenvalue weighted by molar-refractivity contribution is -0.142. The molecule has 1 unspecified atom stereocenters. The third-order valence-electron chi connectivity index (χ3n) is 4.83. The molecule has 1 aromatic heterocycles. The van der Waals surface area contributed by atoms with Crippen molar-refractivity contribution < 1.29 is 19.5 Å². The number of aliphatic imine (C=N–C) groups is 1. The molecule has 0 aliphatic rings. The molecular weight excluding hydrogens is 555 g/mol. The van der Waals surface area contributed by atoms with Gasteiger partial charge in [0.15, 0.2) is 5.96 Å². The first-order valence-corrected chi connectivity index (χ1v) is 11.7. The molecule has 184 valence electrons. The number of hydrogen-bond donors (Lipinski definition) is 7. The van der Waals surface area contributed by atoms with Gasteiger partial charge in [-0.1, -0.05) is 52.9 Å². The molecule has 12 nitrogen and oxygen atoms in total. The Morgan fingerprint density at radius 1 is 1.09 bits per heavy atom. The molecule has 0 bridgehead atoms. The Labute approximate surface area is 210 Å². The quantitative estimate of drug-likeness (QED) is 0.0672. The van der Waals surface area contributed by atoms with Crippen molar-refractivity contribution in [3.05, 3.63) is 54.1 Å². The topological polar surface area (TPSA) is 215 Å². The first-order valence-electron chi connectivity index (χ1n) is 10.5. The smallest absolute Gasteiger partial charge is 0.326 e. The number of carbonyl (C=O) groups excluding carboxylic acids is 2. The van der Waals surface area contributed by atoms with Crippen LogP contribution in [0.15, 0.2) is 47.8 Å². The van der Waals surface area contributed by atoms with Crippen LogP contribution in [0.2, 0.25) is 0 Å². The molecule has 1 aromatic carbocycles. The van der Waals surface area contributed by atoms with E-state index >= 15 is 0 Å². The monoisotopic (exact) mass is 584 g/mol. The highest BCUT2D eigenvalue weighted by Gasteiger charge is 2.29. The fraction of sp³-hybridized carbons (Fsp3) is 0.381. The van der Waals surface area contributed by atoms with E-state index in [4.69, 9.17) is 17.2 Å². The number of alkyl halides is 1. The molecule has 0 aliphatic carbocycles.